The lowest BCUT2D eigenvalue weighted by Crippen LogP contribution is -2.47. The Kier molecular flexibility index (Phi) is 5.11. The van der Waals surface area contributed by atoms with Gasteiger partial charge in [0.2, 0.25) is 0 Å². The van der Waals surface area contributed by atoms with E-state index in [4.69, 9.17) is 8.83 Å². The number of carbonyl (C=O) groups is 2. The topological polar surface area (TPSA) is 66.9 Å². The number of carbonyl (C=O) groups excluding carboxylic acids is 2. The predicted molar refractivity (Wildman–Crippen MR) is 121 cm³/mol. The average Bonchev–Trinajstić information content (AvgIpc) is 3.54. The van der Waals surface area contributed by atoms with Crippen molar-refractivity contribution in [3.63, 3.8) is 0 Å². The van der Waals surface area contributed by atoms with Gasteiger partial charge in [-0.25, -0.2) is 0 Å². The third-order valence-corrected chi connectivity index (χ3v) is 5.81. The first-order chi connectivity index (χ1) is 15.6. The Morgan fingerprint density at radius 2 is 1.50 bits per heavy atom. The van der Waals surface area contributed by atoms with E-state index >= 15 is 0 Å². The number of fused-ring (bicyclic) bond motifs is 1. The molecule has 0 radical (unpaired) electrons. The highest BCUT2D eigenvalue weighted by Gasteiger charge is 2.40. The molecule has 0 saturated heterocycles. The van der Waals surface area contributed by atoms with Gasteiger partial charge in [0.05, 0.1) is 18.6 Å². The molecule has 6 nitrogen and oxygen atoms in total. The van der Waals surface area contributed by atoms with Crippen LogP contribution >= 0.6 is 0 Å². The molecule has 32 heavy (non-hydrogen) atoms. The maximum atomic E-state index is 13.6. The van der Waals surface area contributed by atoms with E-state index in [1.54, 1.807) is 34.1 Å². The van der Waals surface area contributed by atoms with Gasteiger partial charge in [0.15, 0.2) is 11.5 Å². The number of rotatable bonds is 4. The maximum absolute atomic E-state index is 13.6. The molecule has 0 N–H and O–H groups in total. The normalized spacial score (nSPS) is 17.6. The molecule has 3 heterocycles. The third kappa shape index (κ3) is 3.39. The predicted octanol–water partition coefficient (Wildman–Crippen LogP) is 5.70. The number of benzene rings is 2. The number of para-hydroxylation sites is 2. The van der Waals surface area contributed by atoms with Crippen LogP contribution in [0.5, 0.6) is 0 Å². The van der Waals surface area contributed by atoms with Crippen LogP contribution < -0.4 is 9.80 Å². The SMILES string of the molecule is C[C@H]1C[C@H](N(C(=O)c2ccco2)c2ccccc2)c2ccccc2N1C(=O)c1ccco1. The van der Waals surface area contributed by atoms with Gasteiger partial charge >= 0.3 is 0 Å². The number of hydrogen-bond acceptors (Lipinski definition) is 4. The monoisotopic (exact) mass is 426 g/mol. The quantitative estimate of drug-likeness (QED) is 0.420. The van der Waals surface area contributed by atoms with Crippen molar-refractivity contribution in [1.82, 2.24) is 0 Å². The second kappa shape index (κ2) is 8.23. The number of nitrogens with zero attached hydrogens (tertiary/aromatic N) is 2. The lowest BCUT2D eigenvalue weighted by Gasteiger charge is -2.43. The first-order valence-corrected chi connectivity index (χ1v) is 10.5. The number of hydrogen-bond donors (Lipinski definition) is 0. The van der Waals surface area contributed by atoms with Crippen molar-refractivity contribution < 1.29 is 18.4 Å². The summed E-state index contributed by atoms with van der Waals surface area (Å²) in [5.74, 6) is 0.140. The molecule has 2 aromatic heterocycles. The van der Waals surface area contributed by atoms with Crippen molar-refractivity contribution in [3.8, 4) is 0 Å². The highest BCUT2D eigenvalue weighted by molar-refractivity contribution is 6.07. The Hall–Kier alpha value is -4.06. The van der Waals surface area contributed by atoms with Gasteiger partial charge in [-0.15, -0.1) is 0 Å². The Bertz CT molecular complexity index is 1220. The molecule has 0 saturated carbocycles. The average molecular weight is 426 g/mol. The summed E-state index contributed by atoms with van der Waals surface area (Å²) < 4.78 is 10.8. The van der Waals surface area contributed by atoms with Crippen LogP contribution in [-0.2, 0) is 0 Å². The minimum atomic E-state index is -0.276. The van der Waals surface area contributed by atoms with Gasteiger partial charge < -0.3 is 13.7 Å². The Morgan fingerprint density at radius 3 is 2.19 bits per heavy atom. The number of amides is 2. The van der Waals surface area contributed by atoms with Crippen molar-refractivity contribution in [2.24, 2.45) is 0 Å². The lowest BCUT2D eigenvalue weighted by atomic mass is 9.89. The fraction of sp³-hybridized carbons (Fsp3) is 0.154. The molecule has 0 spiro atoms. The summed E-state index contributed by atoms with van der Waals surface area (Å²) in [4.78, 5) is 30.3. The van der Waals surface area contributed by atoms with E-state index in [-0.39, 0.29) is 35.4 Å². The molecular formula is C26H22N2O4. The molecule has 160 valence electrons. The van der Waals surface area contributed by atoms with E-state index in [1.807, 2.05) is 61.5 Å². The molecule has 1 aliphatic heterocycles. The first kappa shape index (κ1) is 19.9. The summed E-state index contributed by atoms with van der Waals surface area (Å²) in [5.41, 5.74) is 2.44. The third-order valence-electron chi connectivity index (χ3n) is 5.81. The van der Waals surface area contributed by atoms with Crippen LogP contribution in [0.2, 0.25) is 0 Å². The first-order valence-electron chi connectivity index (χ1n) is 10.5. The second-order valence-corrected chi connectivity index (χ2v) is 7.80. The summed E-state index contributed by atoms with van der Waals surface area (Å²) in [7, 11) is 0. The molecule has 0 bridgehead atoms. The van der Waals surface area contributed by atoms with E-state index in [1.165, 1.54) is 12.5 Å². The van der Waals surface area contributed by atoms with Gasteiger partial charge in [0.25, 0.3) is 11.8 Å². The van der Waals surface area contributed by atoms with Gasteiger partial charge in [-0.2, -0.15) is 0 Å². The summed E-state index contributed by atoms with van der Waals surface area (Å²) >= 11 is 0. The summed E-state index contributed by atoms with van der Waals surface area (Å²) in [6.07, 6.45) is 3.55. The van der Waals surface area contributed by atoms with E-state index in [0.29, 0.717) is 6.42 Å². The van der Waals surface area contributed by atoms with Crippen molar-refractivity contribution in [3.05, 3.63) is 108 Å². The minimum absolute atomic E-state index is 0.164. The zero-order valence-electron chi connectivity index (χ0n) is 17.5. The standard InChI is InChI=1S/C26H22N2O4/c1-18-17-22(28(19-9-3-2-4-10-19)26(30)24-14-8-16-32-24)20-11-5-6-12-21(20)27(18)25(29)23-13-7-15-31-23/h2-16,18,22H,17H2,1H3/t18-,22-/m0/s1. The Labute approximate surface area is 185 Å². The molecule has 5 rings (SSSR count). The van der Waals surface area contributed by atoms with Gasteiger partial charge in [-0.1, -0.05) is 36.4 Å². The summed E-state index contributed by atoms with van der Waals surface area (Å²) in [6.45, 7) is 1.99. The van der Waals surface area contributed by atoms with Crippen molar-refractivity contribution in [2.75, 3.05) is 9.80 Å². The molecule has 6 heteroatoms. The molecular weight excluding hydrogens is 404 g/mol. The Morgan fingerprint density at radius 1 is 0.844 bits per heavy atom. The number of anilines is 2. The van der Waals surface area contributed by atoms with E-state index in [2.05, 4.69) is 0 Å². The van der Waals surface area contributed by atoms with Gasteiger partial charge in [0.1, 0.15) is 0 Å². The second-order valence-electron chi connectivity index (χ2n) is 7.80. The van der Waals surface area contributed by atoms with Crippen LogP contribution in [0.25, 0.3) is 0 Å². The lowest BCUT2D eigenvalue weighted by molar-refractivity contribution is 0.0937. The largest absolute Gasteiger partial charge is 0.459 e. The fourth-order valence-electron chi connectivity index (χ4n) is 4.40. The minimum Gasteiger partial charge on any atom is -0.459 e. The molecule has 2 amide bonds. The van der Waals surface area contributed by atoms with E-state index in [0.717, 1.165) is 16.9 Å². The van der Waals surface area contributed by atoms with Gasteiger partial charge in [0, 0.05) is 17.4 Å². The molecule has 4 aromatic rings. The molecule has 0 unspecified atom stereocenters. The molecule has 2 aromatic carbocycles. The van der Waals surface area contributed by atoms with Crippen molar-refractivity contribution >= 4 is 23.2 Å². The summed E-state index contributed by atoms with van der Waals surface area (Å²) in [6, 6.07) is 23.6. The zero-order valence-corrected chi connectivity index (χ0v) is 17.5. The smallest absolute Gasteiger partial charge is 0.294 e. The maximum Gasteiger partial charge on any atom is 0.294 e. The molecule has 0 fully saturated rings. The molecule has 1 aliphatic rings. The van der Waals surface area contributed by atoms with Crippen molar-refractivity contribution in [2.45, 2.75) is 25.4 Å². The van der Waals surface area contributed by atoms with Crippen LogP contribution in [0.1, 0.15) is 46.1 Å². The summed E-state index contributed by atoms with van der Waals surface area (Å²) in [5, 5.41) is 0. The highest BCUT2D eigenvalue weighted by atomic mass is 16.3. The van der Waals surface area contributed by atoms with E-state index in [9.17, 15) is 9.59 Å². The fourth-order valence-corrected chi connectivity index (χ4v) is 4.40. The van der Waals surface area contributed by atoms with Crippen molar-refractivity contribution in [1.29, 1.82) is 0 Å². The van der Waals surface area contributed by atoms with Gasteiger partial charge in [-0.3, -0.25) is 14.5 Å². The van der Waals surface area contributed by atoms with E-state index < -0.39 is 0 Å². The van der Waals surface area contributed by atoms with Crippen LogP contribution in [-0.4, -0.2) is 17.9 Å². The molecule has 0 aliphatic carbocycles. The number of furan rings is 2. The Balaban J connectivity index is 1.61. The van der Waals surface area contributed by atoms with Crippen LogP contribution in [0, 0.1) is 0 Å². The van der Waals surface area contributed by atoms with Crippen LogP contribution in [0.15, 0.2) is 100 Å². The highest BCUT2D eigenvalue weighted by Crippen LogP contribution is 2.43. The van der Waals surface area contributed by atoms with Gasteiger partial charge in [-0.05, 0) is 61.4 Å². The van der Waals surface area contributed by atoms with Crippen LogP contribution in [0.4, 0.5) is 11.4 Å². The zero-order chi connectivity index (χ0) is 22.1. The molecule has 2 atom stereocenters. The van der Waals surface area contributed by atoms with Crippen LogP contribution in [0.3, 0.4) is 0 Å².